The molecule has 1 aliphatic carbocycles. The third-order valence-corrected chi connectivity index (χ3v) is 7.92. The number of carbonyl (C=O) groups is 1. The summed E-state index contributed by atoms with van der Waals surface area (Å²) in [7, 11) is 0. The van der Waals surface area contributed by atoms with Crippen LogP contribution in [0.2, 0.25) is 0 Å². The fourth-order valence-corrected chi connectivity index (χ4v) is 6.01. The Morgan fingerprint density at radius 3 is 2.87 bits per heavy atom. The van der Waals surface area contributed by atoms with Gasteiger partial charge in [-0.1, -0.05) is 25.3 Å². The number of H-pyrrole nitrogens is 1. The highest BCUT2D eigenvalue weighted by atomic mass is 32.1. The minimum absolute atomic E-state index is 0.0293. The van der Waals surface area contributed by atoms with Crippen LogP contribution in [0, 0.1) is 0 Å². The number of likely N-dealkylation sites (tertiary alicyclic amines) is 1. The van der Waals surface area contributed by atoms with Crippen molar-refractivity contribution in [2.24, 2.45) is 0 Å². The summed E-state index contributed by atoms with van der Waals surface area (Å²) in [6.45, 7) is 3.16. The van der Waals surface area contributed by atoms with Gasteiger partial charge in [-0.15, -0.1) is 11.3 Å². The van der Waals surface area contributed by atoms with Gasteiger partial charge in [0.1, 0.15) is 5.82 Å². The van der Waals surface area contributed by atoms with E-state index in [1.54, 1.807) is 11.3 Å². The van der Waals surface area contributed by atoms with Crippen LogP contribution in [0.4, 0.5) is 0 Å². The van der Waals surface area contributed by atoms with E-state index in [9.17, 15) is 9.59 Å². The van der Waals surface area contributed by atoms with E-state index >= 15 is 0 Å². The fraction of sp³-hybridized carbons (Fsp3) is 0.609. The summed E-state index contributed by atoms with van der Waals surface area (Å²) >= 11 is 1.62. The van der Waals surface area contributed by atoms with Crippen LogP contribution in [0.1, 0.15) is 66.4 Å². The normalized spacial score (nSPS) is 22.9. The number of thiophene rings is 1. The third kappa shape index (κ3) is 4.10. The molecule has 5 rings (SSSR count). The Kier molecular flexibility index (Phi) is 5.74. The molecular formula is C23H30N4O2S. The summed E-state index contributed by atoms with van der Waals surface area (Å²) < 4.78 is 0. The number of hydrogen-bond acceptors (Lipinski definition) is 5. The molecule has 2 aromatic heterocycles. The molecule has 7 heteroatoms. The van der Waals surface area contributed by atoms with Crippen molar-refractivity contribution >= 4 is 17.2 Å². The van der Waals surface area contributed by atoms with Gasteiger partial charge >= 0.3 is 0 Å². The molecule has 0 radical (unpaired) electrons. The lowest BCUT2D eigenvalue weighted by atomic mass is 9.92. The average molecular weight is 427 g/mol. The van der Waals surface area contributed by atoms with Gasteiger partial charge in [0, 0.05) is 48.6 Å². The number of fused-ring (bicyclic) bond motifs is 1. The smallest absolute Gasteiger partial charge is 0.254 e. The van der Waals surface area contributed by atoms with Crippen molar-refractivity contribution < 1.29 is 4.79 Å². The molecule has 0 aromatic carbocycles. The number of nitrogens with zero attached hydrogens (tertiary/aromatic N) is 3. The number of rotatable bonds is 4. The maximum atomic E-state index is 12.8. The van der Waals surface area contributed by atoms with Gasteiger partial charge in [-0.3, -0.25) is 14.5 Å². The van der Waals surface area contributed by atoms with Crippen molar-refractivity contribution in [2.45, 2.75) is 69.9 Å². The van der Waals surface area contributed by atoms with Gasteiger partial charge < -0.3 is 9.88 Å². The summed E-state index contributed by atoms with van der Waals surface area (Å²) in [6.07, 6.45) is 8.67. The Morgan fingerprint density at radius 2 is 2.07 bits per heavy atom. The first-order valence-corrected chi connectivity index (χ1v) is 12.2. The predicted octanol–water partition coefficient (Wildman–Crippen LogP) is 3.08. The van der Waals surface area contributed by atoms with E-state index in [1.807, 2.05) is 22.4 Å². The summed E-state index contributed by atoms with van der Waals surface area (Å²) in [6, 6.07) is 4.64. The zero-order chi connectivity index (χ0) is 20.5. The Labute approximate surface area is 181 Å². The van der Waals surface area contributed by atoms with Gasteiger partial charge in [-0.2, -0.15) is 0 Å². The summed E-state index contributed by atoms with van der Waals surface area (Å²) in [5, 5.41) is 2.01. The molecule has 160 valence electrons. The summed E-state index contributed by atoms with van der Waals surface area (Å²) in [4.78, 5) is 39.0. The lowest BCUT2D eigenvalue weighted by Crippen LogP contribution is -2.42. The molecule has 3 aliphatic rings. The Hall–Kier alpha value is -1.99. The number of amides is 1. The maximum Gasteiger partial charge on any atom is 0.254 e. The van der Waals surface area contributed by atoms with Crippen molar-refractivity contribution in [1.29, 1.82) is 0 Å². The van der Waals surface area contributed by atoms with Gasteiger partial charge in [0.05, 0.1) is 12.1 Å². The number of aromatic nitrogens is 2. The number of hydrogen-bond donors (Lipinski definition) is 1. The van der Waals surface area contributed by atoms with Gasteiger partial charge in [-0.25, -0.2) is 4.98 Å². The predicted molar refractivity (Wildman–Crippen MR) is 118 cm³/mol. The Morgan fingerprint density at radius 1 is 1.20 bits per heavy atom. The first kappa shape index (κ1) is 19.9. The van der Waals surface area contributed by atoms with E-state index in [4.69, 9.17) is 4.98 Å². The van der Waals surface area contributed by atoms with Crippen molar-refractivity contribution in [3.8, 4) is 0 Å². The van der Waals surface area contributed by atoms with Crippen molar-refractivity contribution in [3.63, 3.8) is 0 Å². The lowest BCUT2D eigenvalue weighted by molar-refractivity contribution is -0.129. The SMILES string of the molecule is O=C(Cc1cccs1)N1CC[C@H](c2nc3c(c(=O)[nH]2)CCN(C2CCCCC2)C3)C1. The molecule has 0 spiro atoms. The van der Waals surface area contributed by atoms with Crippen molar-refractivity contribution in [2.75, 3.05) is 19.6 Å². The standard InChI is InChI=1S/C23H30N4O2S/c28-21(13-18-7-4-12-30-18)27-10-8-16(14-27)22-24-20-15-26(17-5-2-1-3-6-17)11-9-19(20)23(29)25-22/h4,7,12,16-17H,1-3,5-6,8-11,13-15H2,(H,24,25,29)/t16-/m0/s1. The first-order valence-electron chi connectivity index (χ1n) is 11.3. The number of aromatic amines is 1. The molecule has 2 aliphatic heterocycles. The van der Waals surface area contributed by atoms with Crippen LogP contribution in [0.3, 0.4) is 0 Å². The van der Waals surface area contributed by atoms with E-state index < -0.39 is 0 Å². The van der Waals surface area contributed by atoms with Crippen LogP contribution in [0.15, 0.2) is 22.3 Å². The highest BCUT2D eigenvalue weighted by Crippen LogP contribution is 2.29. The first-order chi connectivity index (χ1) is 14.7. The van der Waals surface area contributed by atoms with Crippen LogP contribution in [0.5, 0.6) is 0 Å². The molecule has 1 atom stereocenters. The van der Waals surface area contributed by atoms with E-state index in [2.05, 4.69) is 9.88 Å². The monoisotopic (exact) mass is 426 g/mol. The number of carbonyl (C=O) groups excluding carboxylic acids is 1. The highest BCUT2D eigenvalue weighted by Gasteiger charge is 2.32. The molecule has 2 aromatic rings. The second-order valence-corrected chi connectivity index (χ2v) is 10.0. The van der Waals surface area contributed by atoms with Crippen LogP contribution in [0.25, 0.3) is 0 Å². The Bertz CT molecular complexity index is 949. The topological polar surface area (TPSA) is 69.3 Å². The Balaban J connectivity index is 1.28. The molecular weight excluding hydrogens is 396 g/mol. The largest absolute Gasteiger partial charge is 0.342 e. The molecule has 1 saturated heterocycles. The quantitative estimate of drug-likeness (QED) is 0.816. The molecule has 0 unspecified atom stereocenters. The molecule has 1 amide bonds. The molecule has 1 saturated carbocycles. The van der Waals surface area contributed by atoms with Crippen LogP contribution >= 0.6 is 11.3 Å². The van der Waals surface area contributed by atoms with Crippen LogP contribution in [-0.2, 0) is 24.2 Å². The molecule has 4 heterocycles. The highest BCUT2D eigenvalue weighted by molar-refractivity contribution is 7.10. The van der Waals surface area contributed by atoms with E-state index in [1.165, 1.54) is 32.1 Å². The van der Waals surface area contributed by atoms with E-state index in [0.717, 1.165) is 54.4 Å². The van der Waals surface area contributed by atoms with Crippen LogP contribution in [-0.4, -0.2) is 51.4 Å². The molecule has 0 bridgehead atoms. The molecule has 1 N–H and O–H groups in total. The van der Waals surface area contributed by atoms with Crippen molar-refractivity contribution in [3.05, 3.63) is 49.8 Å². The average Bonchev–Trinajstić information content (AvgIpc) is 3.46. The third-order valence-electron chi connectivity index (χ3n) is 7.05. The van der Waals surface area contributed by atoms with E-state index in [0.29, 0.717) is 19.0 Å². The molecule has 6 nitrogen and oxygen atoms in total. The van der Waals surface area contributed by atoms with Crippen molar-refractivity contribution in [1.82, 2.24) is 19.8 Å². The van der Waals surface area contributed by atoms with Gasteiger partial charge in [-0.05, 0) is 37.1 Å². The zero-order valence-corrected chi connectivity index (χ0v) is 18.3. The van der Waals surface area contributed by atoms with E-state index in [-0.39, 0.29) is 17.4 Å². The van der Waals surface area contributed by atoms with Gasteiger partial charge in [0.25, 0.3) is 5.56 Å². The molecule has 30 heavy (non-hydrogen) atoms. The zero-order valence-electron chi connectivity index (χ0n) is 17.4. The summed E-state index contributed by atoms with van der Waals surface area (Å²) in [5.74, 6) is 1.07. The second-order valence-electron chi connectivity index (χ2n) is 8.97. The van der Waals surface area contributed by atoms with Crippen LogP contribution < -0.4 is 5.56 Å². The fourth-order valence-electron chi connectivity index (χ4n) is 5.31. The van der Waals surface area contributed by atoms with Gasteiger partial charge in [0.15, 0.2) is 0 Å². The summed E-state index contributed by atoms with van der Waals surface area (Å²) in [5.41, 5.74) is 1.87. The number of nitrogens with one attached hydrogen (secondary N) is 1. The molecule has 2 fully saturated rings. The minimum Gasteiger partial charge on any atom is -0.342 e. The second kappa shape index (κ2) is 8.63. The lowest BCUT2D eigenvalue weighted by Gasteiger charge is -2.37. The maximum absolute atomic E-state index is 12.8. The van der Waals surface area contributed by atoms with Gasteiger partial charge in [0.2, 0.25) is 5.91 Å². The minimum atomic E-state index is 0.0293.